The fourth-order valence-electron chi connectivity index (χ4n) is 2.52. The quantitative estimate of drug-likeness (QED) is 0.548. The number of rotatable bonds is 3. The van der Waals surface area contributed by atoms with Crippen LogP contribution in [0, 0.1) is 13.8 Å². The molecular weight excluding hydrogens is 328 g/mol. The molecule has 3 nitrogen and oxygen atoms in total. The van der Waals surface area contributed by atoms with E-state index in [0.717, 1.165) is 26.8 Å². The van der Waals surface area contributed by atoms with Crippen molar-refractivity contribution in [1.82, 2.24) is 5.43 Å². The monoisotopic (exact) mass is 344 g/mol. The van der Waals surface area contributed by atoms with Gasteiger partial charge >= 0.3 is 0 Å². The van der Waals surface area contributed by atoms with Crippen LogP contribution in [0.1, 0.15) is 28.5 Å². The summed E-state index contributed by atoms with van der Waals surface area (Å²) in [5, 5.41) is 1.10. The van der Waals surface area contributed by atoms with E-state index in [1.807, 2.05) is 30.3 Å². The Balaban J connectivity index is 2.06. The predicted octanol–water partition coefficient (Wildman–Crippen LogP) is 4.36. The van der Waals surface area contributed by atoms with Gasteiger partial charge < -0.3 is 4.42 Å². The molecule has 0 aliphatic carbocycles. The Labute approximate surface area is 132 Å². The van der Waals surface area contributed by atoms with E-state index >= 15 is 0 Å². The smallest absolute Gasteiger partial charge is 0.134 e. The van der Waals surface area contributed by atoms with E-state index in [2.05, 4.69) is 47.3 Å². The van der Waals surface area contributed by atoms with Crippen LogP contribution in [0.25, 0.3) is 11.0 Å². The van der Waals surface area contributed by atoms with Crippen LogP contribution in [0.5, 0.6) is 0 Å². The van der Waals surface area contributed by atoms with Crippen molar-refractivity contribution in [2.75, 3.05) is 0 Å². The number of hydrogen-bond acceptors (Lipinski definition) is 3. The third-order valence-electron chi connectivity index (χ3n) is 3.66. The summed E-state index contributed by atoms with van der Waals surface area (Å²) in [6.07, 6.45) is 0. The molecule has 1 aromatic heterocycles. The number of fused-ring (bicyclic) bond motifs is 1. The lowest BCUT2D eigenvalue weighted by atomic mass is 10.0. The molecule has 1 atom stereocenters. The first-order chi connectivity index (χ1) is 10.1. The van der Waals surface area contributed by atoms with Gasteiger partial charge in [-0.15, -0.1) is 0 Å². The lowest BCUT2D eigenvalue weighted by Crippen LogP contribution is -2.28. The van der Waals surface area contributed by atoms with Gasteiger partial charge in [-0.3, -0.25) is 5.84 Å². The lowest BCUT2D eigenvalue weighted by Gasteiger charge is -2.14. The average molecular weight is 345 g/mol. The largest absolute Gasteiger partial charge is 0.459 e. The highest BCUT2D eigenvalue weighted by Crippen LogP contribution is 2.30. The molecule has 0 aliphatic rings. The van der Waals surface area contributed by atoms with E-state index in [1.54, 1.807) is 0 Å². The fourth-order valence-corrected chi connectivity index (χ4v) is 2.76. The maximum atomic E-state index is 5.95. The first-order valence-electron chi connectivity index (χ1n) is 6.81. The van der Waals surface area contributed by atoms with Crippen molar-refractivity contribution < 1.29 is 4.42 Å². The summed E-state index contributed by atoms with van der Waals surface area (Å²) in [7, 11) is 0. The van der Waals surface area contributed by atoms with Crippen molar-refractivity contribution in [3.05, 3.63) is 69.4 Å². The van der Waals surface area contributed by atoms with Crippen LogP contribution in [0.15, 0.2) is 51.4 Å². The molecule has 4 heteroatoms. The van der Waals surface area contributed by atoms with Gasteiger partial charge in [0.25, 0.3) is 0 Å². The summed E-state index contributed by atoms with van der Waals surface area (Å²) >= 11 is 3.52. The van der Waals surface area contributed by atoms with Gasteiger partial charge in [-0.2, -0.15) is 0 Å². The van der Waals surface area contributed by atoms with Crippen LogP contribution in [0.2, 0.25) is 0 Å². The van der Waals surface area contributed by atoms with Crippen molar-refractivity contribution in [2.45, 2.75) is 19.9 Å². The normalized spacial score (nSPS) is 12.8. The Morgan fingerprint density at radius 1 is 1.10 bits per heavy atom. The van der Waals surface area contributed by atoms with Gasteiger partial charge in [0.2, 0.25) is 0 Å². The van der Waals surface area contributed by atoms with Crippen LogP contribution in [0.3, 0.4) is 0 Å². The van der Waals surface area contributed by atoms with Crippen molar-refractivity contribution in [1.29, 1.82) is 0 Å². The number of aryl methyl sites for hydroxylation is 2. The minimum atomic E-state index is -0.162. The molecule has 1 heterocycles. The summed E-state index contributed by atoms with van der Waals surface area (Å²) in [5.74, 6) is 6.57. The highest BCUT2D eigenvalue weighted by Gasteiger charge is 2.17. The van der Waals surface area contributed by atoms with E-state index < -0.39 is 0 Å². The van der Waals surface area contributed by atoms with E-state index in [1.165, 1.54) is 11.1 Å². The molecule has 0 fully saturated rings. The highest BCUT2D eigenvalue weighted by atomic mass is 79.9. The second-order valence-corrected chi connectivity index (χ2v) is 6.15. The Kier molecular flexibility index (Phi) is 3.85. The van der Waals surface area contributed by atoms with Gasteiger partial charge in [0.15, 0.2) is 0 Å². The molecule has 21 heavy (non-hydrogen) atoms. The molecule has 0 saturated carbocycles. The van der Waals surface area contributed by atoms with Crippen LogP contribution >= 0.6 is 15.9 Å². The molecule has 0 bridgehead atoms. The van der Waals surface area contributed by atoms with E-state index in [0.29, 0.717) is 0 Å². The maximum Gasteiger partial charge on any atom is 0.134 e. The molecule has 0 amide bonds. The third-order valence-corrected chi connectivity index (χ3v) is 4.55. The summed E-state index contributed by atoms with van der Waals surface area (Å²) in [5.41, 5.74) is 7.19. The topological polar surface area (TPSA) is 51.2 Å². The SMILES string of the molecule is Cc1ccc2oc(C(NN)c3ccc(Br)c(C)c3)cc2c1. The third kappa shape index (κ3) is 2.75. The molecule has 1 unspecified atom stereocenters. The second-order valence-electron chi connectivity index (χ2n) is 5.30. The summed E-state index contributed by atoms with van der Waals surface area (Å²) < 4.78 is 7.03. The average Bonchev–Trinajstić information content (AvgIpc) is 2.86. The number of hydrazine groups is 1. The Morgan fingerprint density at radius 2 is 1.90 bits per heavy atom. The van der Waals surface area contributed by atoms with Crippen LogP contribution < -0.4 is 11.3 Å². The molecule has 0 spiro atoms. The summed E-state index contributed by atoms with van der Waals surface area (Å²) in [4.78, 5) is 0. The standard InChI is InChI=1S/C17H17BrN2O/c1-10-3-6-15-13(7-10)9-16(21-15)17(20-19)12-4-5-14(18)11(2)8-12/h3-9,17,20H,19H2,1-2H3. The van der Waals surface area contributed by atoms with Crippen molar-refractivity contribution >= 4 is 26.9 Å². The minimum Gasteiger partial charge on any atom is -0.459 e. The van der Waals surface area contributed by atoms with E-state index in [-0.39, 0.29) is 6.04 Å². The molecule has 3 N–H and O–H groups in total. The zero-order chi connectivity index (χ0) is 15.0. The fraction of sp³-hybridized carbons (Fsp3) is 0.176. The molecule has 108 valence electrons. The van der Waals surface area contributed by atoms with Gasteiger partial charge in [-0.1, -0.05) is 39.7 Å². The number of benzene rings is 2. The summed E-state index contributed by atoms with van der Waals surface area (Å²) in [6.45, 7) is 4.13. The first-order valence-corrected chi connectivity index (χ1v) is 7.60. The van der Waals surface area contributed by atoms with Gasteiger partial charge in [0, 0.05) is 9.86 Å². The van der Waals surface area contributed by atoms with E-state index in [4.69, 9.17) is 10.3 Å². The first kappa shape index (κ1) is 14.3. The molecular formula is C17H17BrN2O. The molecule has 0 aliphatic heterocycles. The zero-order valence-electron chi connectivity index (χ0n) is 12.0. The Hall–Kier alpha value is -1.62. The number of halogens is 1. The molecule has 2 aromatic carbocycles. The predicted molar refractivity (Wildman–Crippen MR) is 89.0 cm³/mol. The number of hydrogen-bond donors (Lipinski definition) is 2. The lowest BCUT2D eigenvalue weighted by molar-refractivity contribution is 0.477. The zero-order valence-corrected chi connectivity index (χ0v) is 13.6. The van der Waals surface area contributed by atoms with Crippen LogP contribution in [-0.2, 0) is 0 Å². The van der Waals surface area contributed by atoms with Crippen molar-refractivity contribution in [2.24, 2.45) is 5.84 Å². The number of nitrogens with one attached hydrogen (secondary N) is 1. The van der Waals surface area contributed by atoms with Gasteiger partial charge in [-0.25, -0.2) is 5.43 Å². The maximum absolute atomic E-state index is 5.95. The van der Waals surface area contributed by atoms with Gasteiger partial charge in [0.1, 0.15) is 17.4 Å². The van der Waals surface area contributed by atoms with Crippen LogP contribution in [-0.4, -0.2) is 0 Å². The number of nitrogens with two attached hydrogens (primary N) is 1. The molecule has 3 rings (SSSR count). The van der Waals surface area contributed by atoms with Gasteiger partial charge in [-0.05, 0) is 49.2 Å². The minimum absolute atomic E-state index is 0.162. The Morgan fingerprint density at radius 3 is 2.62 bits per heavy atom. The molecule has 3 aromatic rings. The molecule has 0 saturated heterocycles. The summed E-state index contributed by atoms with van der Waals surface area (Å²) in [6, 6.07) is 14.2. The van der Waals surface area contributed by atoms with Gasteiger partial charge in [0.05, 0.1) is 0 Å². The second kappa shape index (κ2) is 5.64. The van der Waals surface area contributed by atoms with Crippen LogP contribution in [0.4, 0.5) is 0 Å². The van der Waals surface area contributed by atoms with Crippen molar-refractivity contribution in [3.8, 4) is 0 Å². The number of furan rings is 1. The van der Waals surface area contributed by atoms with Crippen molar-refractivity contribution in [3.63, 3.8) is 0 Å². The highest BCUT2D eigenvalue weighted by molar-refractivity contribution is 9.10. The molecule has 0 radical (unpaired) electrons. The Bertz CT molecular complexity index is 795. The van der Waals surface area contributed by atoms with E-state index in [9.17, 15) is 0 Å².